The van der Waals surface area contributed by atoms with Crippen LogP contribution >= 0.6 is 34.9 Å². The molecule has 1 aromatic carbocycles. The average molecular weight is 347 g/mol. The minimum atomic E-state index is -0.147. The van der Waals surface area contributed by atoms with Crippen molar-refractivity contribution in [1.29, 1.82) is 0 Å². The number of anilines is 1. The molecule has 3 rings (SSSR count). The highest BCUT2D eigenvalue weighted by Crippen LogP contribution is 2.30. The van der Waals surface area contributed by atoms with E-state index in [-0.39, 0.29) is 5.91 Å². The summed E-state index contributed by atoms with van der Waals surface area (Å²) in [5.41, 5.74) is 2.31. The maximum atomic E-state index is 12.4. The van der Waals surface area contributed by atoms with Crippen LogP contribution < -0.4 is 5.32 Å². The summed E-state index contributed by atoms with van der Waals surface area (Å²) in [6, 6.07) is 9.32. The van der Waals surface area contributed by atoms with Crippen LogP contribution in [-0.4, -0.2) is 28.4 Å². The lowest BCUT2D eigenvalue weighted by Crippen LogP contribution is -2.13. The second kappa shape index (κ2) is 6.68. The zero-order valence-corrected chi connectivity index (χ0v) is 14.4. The summed E-state index contributed by atoms with van der Waals surface area (Å²) >= 11 is 4.71. The highest BCUT2D eigenvalue weighted by Gasteiger charge is 2.12. The zero-order valence-electron chi connectivity index (χ0n) is 12.0. The molecule has 3 aromatic rings. The molecule has 1 amide bonds. The predicted octanol–water partition coefficient (Wildman–Crippen LogP) is 4.39. The Balaban J connectivity index is 1.87. The molecule has 0 unspecified atom stereocenters. The van der Waals surface area contributed by atoms with E-state index in [2.05, 4.69) is 15.3 Å². The molecule has 0 saturated heterocycles. The van der Waals surface area contributed by atoms with Crippen molar-refractivity contribution in [3.8, 4) is 0 Å². The van der Waals surface area contributed by atoms with Crippen molar-refractivity contribution >= 4 is 56.7 Å². The number of hydrogen-bond donors (Lipinski definition) is 1. The third-order valence-electron chi connectivity index (χ3n) is 3.01. The normalized spacial score (nSPS) is 10.8. The summed E-state index contributed by atoms with van der Waals surface area (Å²) in [4.78, 5) is 21.1. The van der Waals surface area contributed by atoms with E-state index in [9.17, 15) is 4.79 Å². The molecule has 0 atom stereocenters. The molecule has 2 heterocycles. The first-order chi connectivity index (χ1) is 10.7. The predicted molar refractivity (Wildman–Crippen MR) is 95.4 cm³/mol. The number of carbonyl (C=O) groups is 1. The Kier molecular flexibility index (Phi) is 4.66. The van der Waals surface area contributed by atoms with Gasteiger partial charge in [0.15, 0.2) is 4.34 Å². The summed E-state index contributed by atoms with van der Waals surface area (Å²) < 4.78 is 2.09. The van der Waals surface area contributed by atoms with Gasteiger partial charge in [-0.05, 0) is 42.8 Å². The average Bonchev–Trinajstić information content (AvgIpc) is 2.97. The van der Waals surface area contributed by atoms with E-state index in [0.717, 1.165) is 25.3 Å². The van der Waals surface area contributed by atoms with E-state index in [4.69, 9.17) is 0 Å². The van der Waals surface area contributed by atoms with Crippen LogP contribution in [0, 0.1) is 0 Å². The largest absolute Gasteiger partial charge is 0.322 e. The van der Waals surface area contributed by atoms with Gasteiger partial charge in [0.1, 0.15) is 5.03 Å². The van der Waals surface area contributed by atoms with Crippen molar-refractivity contribution in [2.24, 2.45) is 0 Å². The minimum absolute atomic E-state index is 0.147. The zero-order chi connectivity index (χ0) is 15.5. The number of aromatic nitrogens is 2. The number of nitrogens with zero attached hydrogens (tertiary/aromatic N) is 2. The molecule has 0 aliphatic rings. The number of fused-ring (bicyclic) bond motifs is 1. The minimum Gasteiger partial charge on any atom is -0.322 e. The molecule has 4 nitrogen and oxygen atoms in total. The van der Waals surface area contributed by atoms with E-state index >= 15 is 0 Å². The lowest BCUT2D eigenvalue weighted by molar-refractivity contribution is 0.102. The molecule has 0 radical (unpaired) electrons. The van der Waals surface area contributed by atoms with Gasteiger partial charge in [-0.15, -0.1) is 23.1 Å². The standard InChI is InChI=1S/C15H13N3OS3/c1-20-14-10(4-3-7-16-14)13(19)17-9-5-6-11-12(8-9)22-15(18-11)21-2/h3-8H,1-2H3,(H,17,19). The number of pyridine rings is 1. The smallest absolute Gasteiger partial charge is 0.258 e. The Hall–Kier alpha value is -1.57. The number of nitrogens with one attached hydrogen (secondary N) is 1. The van der Waals surface area contributed by atoms with E-state index in [1.54, 1.807) is 41.4 Å². The van der Waals surface area contributed by atoms with Crippen LogP contribution in [0.3, 0.4) is 0 Å². The third-order valence-corrected chi connectivity index (χ3v) is 5.73. The lowest BCUT2D eigenvalue weighted by atomic mass is 10.2. The Morgan fingerprint density at radius 1 is 1.23 bits per heavy atom. The van der Waals surface area contributed by atoms with Crippen LogP contribution in [0.25, 0.3) is 10.2 Å². The first-order valence-electron chi connectivity index (χ1n) is 6.46. The van der Waals surface area contributed by atoms with Crippen LogP contribution in [-0.2, 0) is 0 Å². The summed E-state index contributed by atoms with van der Waals surface area (Å²) in [5, 5.41) is 3.66. The Morgan fingerprint density at radius 2 is 2.09 bits per heavy atom. The molecule has 7 heteroatoms. The van der Waals surface area contributed by atoms with Crippen LogP contribution in [0.1, 0.15) is 10.4 Å². The summed E-state index contributed by atoms with van der Waals surface area (Å²) in [6.45, 7) is 0. The topological polar surface area (TPSA) is 54.9 Å². The van der Waals surface area contributed by atoms with Crippen LogP contribution in [0.15, 0.2) is 45.9 Å². The van der Waals surface area contributed by atoms with Crippen LogP contribution in [0.5, 0.6) is 0 Å². The van der Waals surface area contributed by atoms with Gasteiger partial charge in [-0.2, -0.15) is 0 Å². The van der Waals surface area contributed by atoms with E-state index in [0.29, 0.717) is 5.56 Å². The lowest BCUT2D eigenvalue weighted by Gasteiger charge is -2.07. The van der Waals surface area contributed by atoms with Crippen LogP contribution in [0.4, 0.5) is 5.69 Å². The van der Waals surface area contributed by atoms with Gasteiger partial charge in [0.25, 0.3) is 5.91 Å². The SMILES string of the molecule is CSc1nc2ccc(NC(=O)c3cccnc3SC)cc2s1. The molecular formula is C15H13N3OS3. The van der Waals surface area contributed by atoms with Crippen molar-refractivity contribution in [2.45, 2.75) is 9.37 Å². The fraction of sp³-hybridized carbons (Fsp3) is 0.133. The maximum Gasteiger partial charge on any atom is 0.258 e. The van der Waals surface area contributed by atoms with E-state index in [1.807, 2.05) is 30.7 Å². The molecule has 112 valence electrons. The highest BCUT2D eigenvalue weighted by atomic mass is 32.2. The summed E-state index contributed by atoms with van der Waals surface area (Å²) in [5.74, 6) is -0.147. The first-order valence-corrected chi connectivity index (χ1v) is 9.73. The van der Waals surface area contributed by atoms with Crippen molar-refractivity contribution in [3.05, 3.63) is 42.1 Å². The second-order valence-electron chi connectivity index (χ2n) is 4.38. The Bertz CT molecular complexity index is 832. The van der Waals surface area contributed by atoms with Crippen molar-refractivity contribution in [1.82, 2.24) is 9.97 Å². The van der Waals surface area contributed by atoms with Crippen LogP contribution in [0.2, 0.25) is 0 Å². The number of carbonyl (C=O) groups excluding carboxylic acids is 1. The fourth-order valence-electron chi connectivity index (χ4n) is 1.99. The van der Waals surface area contributed by atoms with Gasteiger partial charge in [0.2, 0.25) is 0 Å². The molecule has 0 fully saturated rings. The maximum absolute atomic E-state index is 12.4. The molecule has 0 spiro atoms. The Labute approximate surface area is 140 Å². The summed E-state index contributed by atoms with van der Waals surface area (Å²) in [7, 11) is 0. The molecule has 0 aliphatic carbocycles. The van der Waals surface area contributed by atoms with Gasteiger partial charge in [-0.1, -0.05) is 11.8 Å². The van der Waals surface area contributed by atoms with E-state index < -0.39 is 0 Å². The fourth-order valence-corrected chi connectivity index (χ4v) is 4.07. The molecule has 0 saturated carbocycles. The number of hydrogen-bond acceptors (Lipinski definition) is 6. The van der Waals surface area contributed by atoms with Gasteiger partial charge in [-0.25, -0.2) is 9.97 Å². The molecule has 0 bridgehead atoms. The number of benzene rings is 1. The van der Waals surface area contributed by atoms with E-state index in [1.165, 1.54) is 11.8 Å². The van der Waals surface area contributed by atoms with Crippen molar-refractivity contribution in [3.63, 3.8) is 0 Å². The number of thioether (sulfide) groups is 2. The second-order valence-corrected chi connectivity index (χ2v) is 7.26. The molecule has 1 N–H and O–H groups in total. The molecule has 22 heavy (non-hydrogen) atoms. The first kappa shape index (κ1) is 15.3. The number of thiazole rings is 1. The van der Waals surface area contributed by atoms with Gasteiger partial charge in [-0.3, -0.25) is 4.79 Å². The molecule has 2 aromatic heterocycles. The van der Waals surface area contributed by atoms with Crippen molar-refractivity contribution in [2.75, 3.05) is 17.8 Å². The van der Waals surface area contributed by atoms with Gasteiger partial charge in [0, 0.05) is 11.9 Å². The molecule has 0 aliphatic heterocycles. The highest BCUT2D eigenvalue weighted by molar-refractivity contribution is 8.00. The van der Waals surface area contributed by atoms with Gasteiger partial charge >= 0.3 is 0 Å². The number of rotatable bonds is 4. The van der Waals surface area contributed by atoms with Gasteiger partial charge in [0.05, 0.1) is 15.8 Å². The summed E-state index contributed by atoms with van der Waals surface area (Å²) in [6.07, 6.45) is 5.61. The number of amides is 1. The third kappa shape index (κ3) is 3.11. The molecular weight excluding hydrogens is 334 g/mol. The Morgan fingerprint density at radius 3 is 2.86 bits per heavy atom. The quantitative estimate of drug-likeness (QED) is 0.710. The van der Waals surface area contributed by atoms with Crippen molar-refractivity contribution < 1.29 is 4.79 Å². The monoisotopic (exact) mass is 347 g/mol. The van der Waals surface area contributed by atoms with Gasteiger partial charge < -0.3 is 5.32 Å².